The highest BCUT2D eigenvalue weighted by molar-refractivity contribution is 5.63. The summed E-state index contributed by atoms with van der Waals surface area (Å²) in [6.07, 6.45) is 2.35. The van der Waals surface area contributed by atoms with Gasteiger partial charge in [-0.3, -0.25) is 14.7 Å². The van der Waals surface area contributed by atoms with Crippen LogP contribution in [0.4, 0.5) is 0 Å². The van der Waals surface area contributed by atoms with Crippen LogP contribution >= 0.6 is 0 Å². The smallest absolute Gasteiger partial charge is 0.204 e. The number of aliphatic hydroxyl groups excluding tert-OH is 2. The molecule has 11 nitrogen and oxygen atoms in total. The zero-order valence-corrected chi connectivity index (χ0v) is 32.4. The van der Waals surface area contributed by atoms with Gasteiger partial charge < -0.3 is 38.6 Å². The SMILES string of the molecule is COc1ccc2cc1Oc1ccc(cc1)C[C@H]1c3cc(c(CO)cc3CCN1C)Oc1c(OCC(O)CN3CCOCC3)c(OC)cc3c1[C@H](C2)N(C)CC3. The molecule has 5 aliphatic heterocycles. The van der Waals surface area contributed by atoms with Gasteiger partial charge in [-0.1, -0.05) is 18.2 Å². The van der Waals surface area contributed by atoms with Crippen LogP contribution in [0.2, 0.25) is 0 Å². The summed E-state index contributed by atoms with van der Waals surface area (Å²) >= 11 is 0. The zero-order valence-electron chi connectivity index (χ0n) is 32.4. The van der Waals surface area contributed by atoms with E-state index in [0.717, 1.165) is 67.9 Å². The Hall–Kier alpha value is -4.36. The van der Waals surface area contributed by atoms with E-state index in [-0.39, 0.29) is 25.3 Å². The monoisotopic (exact) mass is 751 g/mol. The Morgan fingerprint density at radius 2 is 1.47 bits per heavy atom. The number of β-amino-alcohol motifs (C(OH)–C–C–N with tert-alkyl or cyclic N) is 1. The quantitative estimate of drug-likeness (QED) is 0.232. The maximum atomic E-state index is 11.2. The fourth-order valence-electron chi connectivity index (χ4n) is 8.59. The van der Waals surface area contributed by atoms with Crippen molar-refractivity contribution in [2.75, 3.05) is 80.9 Å². The lowest BCUT2D eigenvalue weighted by Gasteiger charge is -2.38. The average molecular weight is 752 g/mol. The van der Waals surface area contributed by atoms with Crippen LogP contribution in [0.15, 0.2) is 60.7 Å². The van der Waals surface area contributed by atoms with E-state index in [4.69, 9.17) is 28.4 Å². The predicted octanol–water partition coefficient (Wildman–Crippen LogP) is 5.71. The lowest BCUT2D eigenvalue weighted by Crippen LogP contribution is -2.42. The molecule has 4 aromatic rings. The van der Waals surface area contributed by atoms with Crippen molar-refractivity contribution in [2.24, 2.45) is 0 Å². The van der Waals surface area contributed by atoms with Crippen LogP contribution in [0.1, 0.15) is 51.0 Å². The number of methoxy groups -OCH3 is 2. The highest BCUT2D eigenvalue weighted by Gasteiger charge is 2.35. The Morgan fingerprint density at radius 1 is 0.764 bits per heavy atom. The molecule has 0 radical (unpaired) electrons. The first kappa shape index (κ1) is 37.6. The third-order valence-electron chi connectivity index (χ3n) is 11.7. The van der Waals surface area contributed by atoms with Crippen molar-refractivity contribution in [3.05, 3.63) is 99.6 Å². The number of aliphatic hydroxyl groups is 2. The second kappa shape index (κ2) is 16.4. The van der Waals surface area contributed by atoms with Gasteiger partial charge >= 0.3 is 0 Å². The third kappa shape index (κ3) is 7.87. The molecule has 0 aromatic heterocycles. The topological polar surface area (TPSA) is 106 Å². The van der Waals surface area contributed by atoms with Crippen molar-refractivity contribution in [1.82, 2.24) is 14.7 Å². The molecule has 4 aromatic carbocycles. The largest absolute Gasteiger partial charge is 0.493 e. The van der Waals surface area contributed by atoms with Crippen LogP contribution in [0, 0.1) is 0 Å². The molecular formula is C44H53N3O8. The van der Waals surface area contributed by atoms with Crippen molar-refractivity contribution in [3.8, 4) is 40.2 Å². The zero-order chi connectivity index (χ0) is 38.1. The number of morpholine rings is 1. The predicted molar refractivity (Wildman–Crippen MR) is 209 cm³/mol. The van der Waals surface area contributed by atoms with Crippen molar-refractivity contribution in [2.45, 2.75) is 50.5 Å². The summed E-state index contributed by atoms with van der Waals surface area (Å²) in [7, 11) is 7.61. The van der Waals surface area contributed by atoms with E-state index >= 15 is 0 Å². The van der Waals surface area contributed by atoms with Gasteiger partial charge in [0.25, 0.3) is 0 Å². The van der Waals surface area contributed by atoms with Gasteiger partial charge in [-0.2, -0.15) is 0 Å². The molecule has 0 spiro atoms. The average Bonchev–Trinajstić information content (AvgIpc) is 3.20. The first-order chi connectivity index (χ1) is 26.8. The molecule has 3 atom stereocenters. The van der Waals surface area contributed by atoms with Gasteiger partial charge in [-0.15, -0.1) is 0 Å². The maximum Gasteiger partial charge on any atom is 0.204 e. The molecule has 9 rings (SSSR count). The van der Waals surface area contributed by atoms with E-state index in [9.17, 15) is 10.2 Å². The van der Waals surface area contributed by atoms with Gasteiger partial charge in [-0.05, 0) is 110 Å². The van der Waals surface area contributed by atoms with Gasteiger partial charge in [0.15, 0.2) is 23.0 Å². The van der Waals surface area contributed by atoms with Crippen LogP contribution in [-0.4, -0.2) is 112 Å². The summed E-state index contributed by atoms with van der Waals surface area (Å²) in [6.45, 7) is 4.91. The lowest BCUT2D eigenvalue weighted by molar-refractivity contribution is 0.00424. The molecule has 5 heterocycles. The molecule has 0 saturated carbocycles. The minimum Gasteiger partial charge on any atom is -0.493 e. The van der Waals surface area contributed by atoms with Gasteiger partial charge in [0.1, 0.15) is 24.2 Å². The number of hydrogen-bond donors (Lipinski definition) is 2. The molecule has 11 heteroatoms. The molecule has 1 fully saturated rings. The first-order valence-electron chi connectivity index (χ1n) is 19.4. The Bertz CT molecular complexity index is 1980. The number of rotatable bonds is 8. The third-order valence-corrected chi connectivity index (χ3v) is 11.7. The number of benzene rings is 4. The number of nitrogens with zero attached hydrogens (tertiary/aromatic N) is 3. The Balaban J connectivity index is 1.29. The van der Waals surface area contributed by atoms with Crippen LogP contribution in [0.3, 0.4) is 0 Å². The summed E-state index contributed by atoms with van der Waals surface area (Å²) in [4.78, 5) is 6.94. The summed E-state index contributed by atoms with van der Waals surface area (Å²) < 4.78 is 37.6. The summed E-state index contributed by atoms with van der Waals surface area (Å²) in [6, 6.07) is 20.7. The van der Waals surface area contributed by atoms with Crippen LogP contribution < -0.4 is 23.7 Å². The molecule has 5 aliphatic rings. The van der Waals surface area contributed by atoms with Crippen molar-refractivity contribution >= 4 is 0 Å². The summed E-state index contributed by atoms with van der Waals surface area (Å²) in [5.41, 5.74) is 7.47. The van der Waals surface area contributed by atoms with Gasteiger partial charge in [0.2, 0.25) is 5.75 Å². The summed E-state index contributed by atoms with van der Waals surface area (Å²) in [5.74, 6) is 4.16. The molecule has 1 unspecified atom stereocenters. The van der Waals surface area contributed by atoms with Crippen molar-refractivity contribution in [1.29, 1.82) is 0 Å². The number of fused-ring (bicyclic) bond motifs is 2. The second-order valence-corrected chi connectivity index (χ2v) is 15.2. The minimum absolute atomic E-state index is 0.0466. The van der Waals surface area contributed by atoms with Crippen LogP contribution in [-0.2, 0) is 37.0 Å². The van der Waals surface area contributed by atoms with E-state index in [1.54, 1.807) is 14.2 Å². The normalized spacial score (nSPS) is 20.7. The van der Waals surface area contributed by atoms with Crippen molar-refractivity contribution in [3.63, 3.8) is 0 Å². The molecule has 55 heavy (non-hydrogen) atoms. The van der Waals surface area contributed by atoms with Crippen LogP contribution in [0.25, 0.3) is 0 Å². The number of hydrogen-bond acceptors (Lipinski definition) is 11. The fourth-order valence-corrected chi connectivity index (χ4v) is 8.59. The van der Waals surface area contributed by atoms with Gasteiger partial charge in [0.05, 0.1) is 34.0 Å². The molecular weight excluding hydrogens is 698 g/mol. The number of likely N-dealkylation sites (N-methyl/N-ethyl adjacent to an activating group) is 2. The van der Waals surface area contributed by atoms with E-state index in [1.165, 1.54) is 16.7 Å². The highest BCUT2D eigenvalue weighted by atomic mass is 16.5. The Morgan fingerprint density at radius 3 is 2.22 bits per heavy atom. The molecule has 2 N–H and O–H groups in total. The number of ether oxygens (including phenoxy) is 6. The van der Waals surface area contributed by atoms with E-state index < -0.39 is 6.10 Å². The fraction of sp³-hybridized carbons (Fsp3) is 0.455. The summed E-state index contributed by atoms with van der Waals surface area (Å²) in [5, 5.41) is 22.1. The molecule has 0 amide bonds. The molecule has 6 bridgehead atoms. The van der Waals surface area contributed by atoms with Crippen molar-refractivity contribution < 1.29 is 38.6 Å². The van der Waals surface area contributed by atoms with Crippen LogP contribution in [0.5, 0.6) is 40.2 Å². The second-order valence-electron chi connectivity index (χ2n) is 15.2. The Labute approximate surface area is 323 Å². The molecule has 292 valence electrons. The Kier molecular flexibility index (Phi) is 11.2. The minimum atomic E-state index is -0.747. The standard InChI is InChI=1S/C44H53N3O8/c1-45-13-11-30-22-32(26-48)39-24-35(30)36(45)19-28-5-8-34(9-6-28)54-40-21-29(7-10-38(40)50-3)20-37-42-31(12-14-46(37)2)23-41(51-4)43(44(42)55-39)53-27-33(49)25-47-15-17-52-18-16-47/h5-10,21-24,33,36-37,48-49H,11-20,25-27H2,1-4H3/t33?,36-,37-/m0/s1. The lowest BCUT2D eigenvalue weighted by atomic mass is 9.86. The van der Waals surface area contributed by atoms with E-state index in [2.05, 4.69) is 71.3 Å². The van der Waals surface area contributed by atoms with E-state index in [1.807, 2.05) is 18.2 Å². The molecule has 0 aliphatic carbocycles. The van der Waals surface area contributed by atoms with E-state index in [0.29, 0.717) is 66.2 Å². The maximum absolute atomic E-state index is 11.2. The van der Waals surface area contributed by atoms with Gasteiger partial charge in [-0.25, -0.2) is 0 Å². The highest BCUT2D eigenvalue weighted by Crippen LogP contribution is 2.51. The molecule has 1 saturated heterocycles. The van der Waals surface area contributed by atoms with Gasteiger partial charge in [0, 0.05) is 55.9 Å². The first-order valence-corrected chi connectivity index (χ1v) is 19.4.